The first kappa shape index (κ1) is 16.5. The molecule has 1 aliphatic rings. The lowest BCUT2D eigenvalue weighted by molar-refractivity contribution is 0.462. The molecule has 2 aromatic rings. The first-order chi connectivity index (χ1) is 11.4. The Morgan fingerprint density at radius 1 is 0.957 bits per heavy atom. The molecule has 2 heterocycles. The van der Waals surface area contributed by atoms with Gasteiger partial charge in [-0.05, 0) is 24.5 Å². The highest BCUT2D eigenvalue weighted by Gasteiger charge is 2.15. The molecule has 1 aliphatic carbocycles. The number of hydrogen-bond acceptors (Lipinski definition) is 2. The Bertz CT molecular complexity index is 596. The van der Waals surface area contributed by atoms with Crippen molar-refractivity contribution in [2.24, 2.45) is 0 Å². The number of hydrogen-bond donors (Lipinski definition) is 1. The second-order valence-electron chi connectivity index (χ2n) is 7.13. The van der Waals surface area contributed by atoms with Gasteiger partial charge >= 0.3 is 0 Å². The molecule has 124 valence electrons. The Morgan fingerprint density at radius 3 is 2.17 bits per heavy atom. The van der Waals surface area contributed by atoms with Crippen molar-refractivity contribution in [3.63, 3.8) is 0 Å². The zero-order valence-corrected chi connectivity index (χ0v) is 14.6. The van der Waals surface area contributed by atoms with E-state index in [1.54, 1.807) is 0 Å². The third kappa shape index (κ3) is 4.59. The van der Waals surface area contributed by atoms with Crippen LogP contribution in [0.15, 0.2) is 12.3 Å². The van der Waals surface area contributed by atoms with Gasteiger partial charge in [-0.15, -0.1) is 0 Å². The van der Waals surface area contributed by atoms with Gasteiger partial charge in [0.2, 0.25) is 0 Å². The summed E-state index contributed by atoms with van der Waals surface area (Å²) >= 11 is 0. The largest absolute Gasteiger partial charge is 0.351 e. The van der Waals surface area contributed by atoms with Gasteiger partial charge in [0.15, 0.2) is 12.9 Å². The maximum Gasteiger partial charge on any atom is 0.176 e. The molecular formula is C19H30BN3. The predicted octanol–water partition coefficient (Wildman–Crippen LogP) is 4.46. The topological polar surface area (TPSA) is 41.6 Å². The molecule has 4 heteroatoms. The molecule has 1 N–H and O–H groups in total. The van der Waals surface area contributed by atoms with E-state index in [0.29, 0.717) is 5.92 Å². The summed E-state index contributed by atoms with van der Waals surface area (Å²) in [6, 6.07) is 2.13. The summed E-state index contributed by atoms with van der Waals surface area (Å²) in [4.78, 5) is 13.0. The maximum atomic E-state index is 4.92. The molecule has 1 saturated carbocycles. The van der Waals surface area contributed by atoms with E-state index in [2.05, 4.69) is 22.9 Å². The van der Waals surface area contributed by atoms with E-state index < -0.39 is 0 Å². The zero-order chi connectivity index (χ0) is 15.9. The molecule has 3 rings (SSSR count). The molecule has 0 bridgehead atoms. The summed E-state index contributed by atoms with van der Waals surface area (Å²) in [6.45, 7) is 2.17. The zero-order valence-electron chi connectivity index (χ0n) is 14.6. The van der Waals surface area contributed by atoms with Crippen LogP contribution in [0.1, 0.15) is 82.2 Å². The molecule has 0 radical (unpaired) electrons. The van der Waals surface area contributed by atoms with E-state index in [-0.39, 0.29) is 0 Å². The van der Waals surface area contributed by atoms with E-state index in [0.717, 1.165) is 18.4 Å². The quantitative estimate of drug-likeness (QED) is 0.832. The minimum Gasteiger partial charge on any atom is -0.351 e. The molecule has 0 unspecified atom stereocenters. The number of nitrogens with one attached hydrogen (secondary N) is 1. The molecule has 0 aromatic carbocycles. The van der Waals surface area contributed by atoms with Crippen molar-refractivity contribution in [3.8, 4) is 0 Å². The van der Waals surface area contributed by atoms with Crippen molar-refractivity contribution in [3.05, 3.63) is 18.0 Å². The summed E-state index contributed by atoms with van der Waals surface area (Å²) in [5.41, 5.74) is 4.43. The molecule has 0 spiro atoms. The molecular weight excluding hydrogens is 281 g/mol. The van der Waals surface area contributed by atoms with E-state index in [4.69, 9.17) is 4.98 Å². The van der Waals surface area contributed by atoms with Crippen molar-refractivity contribution < 1.29 is 0 Å². The van der Waals surface area contributed by atoms with E-state index >= 15 is 0 Å². The first-order valence-electron chi connectivity index (χ1n) is 9.71. The minimum absolute atomic E-state index is 0.597. The summed E-state index contributed by atoms with van der Waals surface area (Å²) < 4.78 is 0. The van der Waals surface area contributed by atoms with Crippen molar-refractivity contribution in [2.45, 2.75) is 83.4 Å². The Hall–Kier alpha value is -1.32. The van der Waals surface area contributed by atoms with Crippen molar-refractivity contribution in [2.75, 3.05) is 0 Å². The molecule has 23 heavy (non-hydrogen) atoms. The van der Waals surface area contributed by atoms with Crippen LogP contribution in [-0.4, -0.2) is 22.2 Å². The molecule has 0 atom stereocenters. The summed E-state index contributed by atoms with van der Waals surface area (Å²) in [6.07, 6.45) is 17.2. The minimum atomic E-state index is 0.597. The normalized spacial score (nSPS) is 19.2. The second kappa shape index (κ2) is 8.51. The highest BCUT2D eigenvalue weighted by molar-refractivity contribution is 6.51. The fraction of sp³-hybridized carbons (Fsp3) is 0.684. The molecule has 0 amide bonds. The maximum absolute atomic E-state index is 4.92. The highest BCUT2D eigenvalue weighted by Crippen LogP contribution is 2.28. The summed E-state index contributed by atoms with van der Waals surface area (Å²) in [7, 11) is 1.01. The van der Waals surface area contributed by atoms with Gasteiger partial charge in [-0.3, -0.25) is 4.98 Å². The van der Waals surface area contributed by atoms with Gasteiger partial charge < -0.3 is 4.98 Å². The van der Waals surface area contributed by atoms with Crippen molar-refractivity contribution in [1.29, 1.82) is 0 Å². The number of aromatic amines is 1. The van der Waals surface area contributed by atoms with Gasteiger partial charge in [0, 0.05) is 12.1 Å². The van der Waals surface area contributed by atoms with E-state index in [1.165, 1.54) is 81.9 Å². The monoisotopic (exact) mass is 311 g/mol. The fourth-order valence-corrected chi connectivity index (χ4v) is 3.81. The Balaban J connectivity index is 1.72. The van der Waals surface area contributed by atoms with Crippen LogP contribution in [0.2, 0.25) is 6.82 Å². The molecule has 0 aliphatic heterocycles. The highest BCUT2D eigenvalue weighted by atomic mass is 14.9. The number of fused-ring (bicyclic) bond motifs is 1. The van der Waals surface area contributed by atoms with Crippen molar-refractivity contribution >= 4 is 24.0 Å². The first-order valence-corrected chi connectivity index (χ1v) is 9.71. The van der Waals surface area contributed by atoms with Crippen LogP contribution in [0.25, 0.3) is 11.2 Å². The Labute approximate surface area is 140 Å². The standard InChI is InChI=1S/C19H30BN3/c1-20-18-13-16-19(23-18)22-17(14-21-16)15-11-9-7-5-3-2-4-6-8-10-12-15/h13-15,20H,2-12H2,1H3,(H,22,23). The Morgan fingerprint density at radius 2 is 1.57 bits per heavy atom. The number of aromatic nitrogens is 3. The fourth-order valence-electron chi connectivity index (χ4n) is 3.81. The van der Waals surface area contributed by atoms with Gasteiger partial charge in [-0.2, -0.15) is 0 Å². The second-order valence-corrected chi connectivity index (χ2v) is 7.13. The number of rotatable bonds is 2. The molecule has 3 nitrogen and oxygen atoms in total. The van der Waals surface area contributed by atoms with Crippen LogP contribution in [0.4, 0.5) is 0 Å². The van der Waals surface area contributed by atoms with E-state index in [1.807, 2.05) is 6.20 Å². The SMILES string of the molecule is CBc1cc2ncc(C3CCCCCCCCCCC3)nc2[nH]1. The van der Waals surface area contributed by atoms with Crippen LogP contribution < -0.4 is 5.59 Å². The van der Waals surface area contributed by atoms with Gasteiger partial charge in [0.1, 0.15) is 5.52 Å². The lowest BCUT2D eigenvalue weighted by Crippen LogP contribution is -2.10. The van der Waals surface area contributed by atoms with Gasteiger partial charge in [-0.1, -0.05) is 64.6 Å². The van der Waals surface area contributed by atoms with Gasteiger partial charge in [0.05, 0.1) is 5.69 Å². The third-order valence-electron chi connectivity index (χ3n) is 5.31. The molecule has 2 aromatic heterocycles. The molecule has 1 fully saturated rings. The van der Waals surface area contributed by atoms with Gasteiger partial charge in [-0.25, -0.2) is 4.98 Å². The van der Waals surface area contributed by atoms with E-state index in [9.17, 15) is 0 Å². The summed E-state index contributed by atoms with van der Waals surface area (Å²) in [5, 5.41) is 0. The van der Waals surface area contributed by atoms with Crippen LogP contribution in [0.3, 0.4) is 0 Å². The van der Waals surface area contributed by atoms with Crippen LogP contribution >= 0.6 is 0 Å². The molecule has 0 saturated heterocycles. The lowest BCUT2D eigenvalue weighted by Gasteiger charge is -2.17. The van der Waals surface area contributed by atoms with Crippen LogP contribution in [0.5, 0.6) is 0 Å². The predicted molar refractivity (Wildman–Crippen MR) is 100 cm³/mol. The smallest absolute Gasteiger partial charge is 0.176 e. The van der Waals surface area contributed by atoms with Crippen molar-refractivity contribution in [1.82, 2.24) is 15.0 Å². The average Bonchev–Trinajstić information content (AvgIpc) is 2.97. The number of nitrogens with zero attached hydrogens (tertiary/aromatic N) is 2. The summed E-state index contributed by atoms with van der Waals surface area (Å²) in [5.74, 6) is 0.597. The average molecular weight is 311 g/mol. The Kier molecular flexibility index (Phi) is 6.12. The van der Waals surface area contributed by atoms with Gasteiger partial charge in [0.25, 0.3) is 0 Å². The number of H-pyrrole nitrogens is 1. The van der Waals surface area contributed by atoms with Crippen LogP contribution in [0, 0.1) is 0 Å². The lowest BCUT2D eigenvalue weighted by atomic mass is 9.78. The third-order valence-corrected chi connectivity index (χ3v) is 5.31. The van der Waals surface area contributed by atoms with Crippen LogP contribution in [-0.2, 0) is 0 Å².